The number of nitrogens with zero attached hydrogens (tertiary/aromatic N) is 2. The Bertz CT molecular complexity index is 818. The van der Waals surface area contributed by atoms with E-state index < -0.39 is 52.6 Å². The van der Waals surface area contributed by atoms with Gasteiger partial charge in [-0.25, -0.2) is 19.2 Å². The molecule has 0 aliphatic heterocycles. The highest BCUT2D eigenvalue weighted by atomic mass is 19.4. The van der Waals surface area contributed by atoms with E-state index in [4.69, 9.17) is 5.11 Å². The average Bonchev–Trinajstić information content (AvgIpc) is 2.47. The first-order valence-corrected chi connectivity index (χ1v) is 6.21. The van der Waals surface area contributed by atoms with Crippen LogP contribution in [0.15, 0.2) is 24.4 Å². The number of nitrogens with one attached hydrogen (secondary N) is 1. The predicted molar refractivity (Wildman–Crippen MR) is 68.7 cm³/mol. The van der Waals surface area contributed by atoms with Crippen LogP contribution in [0.5, 0.6) is 0 Å². The largest absolute Gasteiger partial charge is 0.478 e. The summed E-state index contributed by atoms with van der Waals surface area (Å²) in [4.78, 5) is 16.9. The maximum atomic E-state index is 13.0. The molecule has 0 unspecified atom stereocenters. The molecule has 0 saturated carbocycles. The zero-order chi connectivity index (χ0) is 19.0. The molecule has 0 bridgehead atoms. The highest BCUT2D eigenvalue weighted by Crippen LogP contribution is 2.37. The summed E-state index contributed by atoms with van der Waals surface area (Å²) in [5, 5.41) is 10.6. The van der Waals surface area contributed by atoms with Gasteiger partial charge in [-0.3, -0.25) is 0 Å². The second-order valence-corrected chi connectivity index (χ2v) is 4.57. The van der Waals surface area contributed by atoms with E-state index in [2.05, 4.69) is 9.97 Å². The molecule has 5 nitrogen and oxygen atoms in total. The number of carbonyl (C=O) groups is 1. The summed E-state index contributed by atoms with van der Waals surface area (Å²) in [6.45, 7) is 0. The van der Waals surface area contributed by atoms with Crippen molar-refractivity contribution < 1.29 is 40.6 Å². The lowest BCUT2D eigenvalue weighted by Gasteiger charge is -2.15. The van der Waals surface area contributed by atoms with Gasteiger partial charge in [0.25, 0.3) is 0 Å². The Morgan fingerprint density at radius 3 is 2.24 bits per heavy atom. The number of carboxylic acid groups (broad SMARTS) is 1. The molecule has 0 aliphatic rings. The standard InChI is InChI=1S/C13H6F7N3O2/c14-5-1-2-8(7(3-5)12(15,16)17)22-11-21-4-6(10(24)25)9(23-11)13(18,19)20/h1-4H,(H,24,25)(H,21,22,23). The van der Waals surface area contributed by atoms with Crippen LogP contribution in [0.25, 0.3) is 0 Å². The normalized spacial score (nSPS) is 12.1. The van der Waals surface area contributed by atoms with Crippen molar-refractivity contribution in [2.75, 3.05) is 5.32 Å². The number of aromatic carboxylic acids is 1. The summed E-state index contributed by atoms with van der Waals surface area (Å²) < 4.78 is 90.1. The minimum Gasteiger partial charge on any atom is -0.478 e. The van der Waals surface area contributed by atoms with Crippen molar-refractivity contribution in [2.45, 2.75) is 12.4 Å². The third-order valence-corrected chi connectivity index (χ3v) is 2.82. The Hall–Kier alpha value is -2.92. The van der Waals surface area contributed by atoms with Crippen LogP contribution < -0.4 is 5.32 Å². The van der Waals surface area contributed by atoms with E-state index in [1.165, 1.54) is 0 Å². The van der Waals surface area contributed by atoms with E-state index in [0.717, 1.165) is 0 Å². The second-order valence-electron chi connectivity index (χ2n) is 4.57. The molecule has 0 radical (unpaired) electrons. The molecule has 0 saturated heterocycles. The van der Waals surface area contributed by atoms with Gasteiger partial charge in [-0.05, 0) is 18.2 Å². The Balaban J connectivity index is 2.51. The Labute approximate surface area is 134 Å². The molecule has 25 heavy (non-hydrogen) atoms. The molecular weight excluding hydrogens is 363 g/mol. The van der Waals surface area contributed by atoms with Gasteiger partial charge < -0.3 is 10.4 Å². The van der Waals surface area contributed by atoms with Crippen LogP contribution in [0.1, 0.15) is 21.6 Å². The van der Waals surface area contributed by atoms with Crippen LogP contribution in [-0.2, 0) is 12.4 Å². The van der Waals surface area contributed by atoms with Gasteiger partial charge in [-0.2, -0.15) is 26.3 Å². The highest BCUT2D eigenvalue weighted by Gasteiger charge is 2.39. The maximum Gasteiger partial charge on any atom is 0.434 e. The van der Waals surface area contributed by atoms with Crippen molar-refractivity contribution in [3.05, 3.63) is 47.0 Å². The van der Waals surface area contributed by atoms with Crippen LogP contribution in [0.4, 0.5) is 42.4 Å². The van der Waals surface area contributed by atoms with E-state index in [1.54, 1.807) is 0 Å². The first-order chi connectivity index (χ1) is 11.4. The van der Waals surface area contributed by atoms with Gasteiger partial charge in [-0.15, -0.1) is 0 Å². The third-order valence-electron chi connectivity index (χ3n) is 2.82. The molecule has 1 aromatic heterocycles. The number of aromatic nitrogens is 2. The van der Waals surface area contributed by atoms with Gasteiger partial charge >= 0.3 is 18.3 Å². The molecule has 134 valence electrons. The van der Waals surface area contributed by atoms with Gasteiger partial charge in [0.15, 0.2) is 5.69 Å². The van der Waals surface area contributed by atoms with Crippen molar-refractivity contribution in [3.8, 4) is 0 Å². The lowest BCUT2D eigenvalue weighted by atomic mass is 10.1. The molecule has 0 spiro atoms. The molecule has 2 N–H and O–H groups in total. The van der Waals surface area contributed by atoms with Crippen molar-refractivity contribution in [2.24, 2.45) is 0 Å². The summed E-state index contributed by atoms with van der Waals surface area (Å²) in [6.07, 6.45) is -9.88. The molecule has 2 rings (SSSR count). The Kier molecular flexibility index (Phi) is 4.55. The molecule has 1 aromatic carbocycles. The molecule has 0 aliphatic carbocycles. The average molecular weight is 369 g/mol. The Morgan fingerprint density at radius 1 is 1.08 bits per heavy atom. The van der Waals surface area contributed by atoms with Gasteiger partial charge in [0.05, 0.1) is 11.3 Å². The van der Waals surface area contributed by atoms with Crippen molar-refractivity contribution in [3.63, 3.8) is 0 Å². The number of anilines is 2. The fourth-order valence-electron chi connectivity index (χ4n) is 1.80. The van der Waals surface area contributed by atoms with Crippen molar-refractivity contribution in [1.82, 2.24) is 9.97 Å². The third kappa shape index (κ3) is 4.14. The second kappa shape index (κ2) is 6.18. The van der Waals surface area contributed by atoms with Gasteiger partial charge in [-0.1, -0.05) is 0 Å². The molecule has 0 atom stereocenters. The summed E-state index contributed by atoms with van der Waals surface area (Å²) in [5.41, 5.74) is -5.40. The number of rotatable bonds is 3. The predicted octanol–water partition coefficient (Wildman–Crippen LogP) is 4.10. The molecule has 0 fully saturated rings. The highest BCUT2D eigenvalue weighted by molar-refractivity contribution is 5.88. The smallest absolute Gasteiger partial charge is 0.434 e. The van der Waals surface area contributed by atoms with Gasteiger partial charge in [0, 0.05) is 6.20 Å². The fourth-order valence-corrected chi connectivity index (χ4v) is 1.80. The van der Waals surface area contributed by atoms with E-state index in [9.17, 15) is 35.5 Å². The SMILES string of the molecule is O=C(O)c1cnc(Nc2ccc(F)cc2C(F)(F)F)nc1C(F)(F)F. The van der Waals surface area contributed by atoms with Crippen LogP contribution in [0.2, 0.25) is 0 Å². The number of benzene rings is 1. The summed E-state index contributed by atoms with van der Waals surface area (Å²) in [5.74, 6) is -4.11. The topological polar surface area (TPSA) is 75.1 Å². The van der Waals surface area contributed by atoms with Gasteiger partial charge in [0.2, 0.25) is 5.95 Å². The van der Waals surface area contributed by atoms with Gasteiger partial charge in [0.1, 0.15) is 11.4 Å². The number of hydrogen-bond acceptors (Lipinski definition) is 4. The van der Waals surface area contributed by atoms with E-state index >= 15 is 0 Å². The Morgan fingerprint density at radius 2 is 1.72 bits per heavy atom. The number of alkyl halides is 6. The quantitative estimate of drug-likeness (QED) is 0.797. The lowest BCUT2D eigenvalue weighted by Crippen LogP contribution is -2.18. The number of halogens is 7. The van der Waals surface area contributed by atoms with Crippen molar-refractivity contribution >= 4 is 17.6 Å². The molecule has 12 heteroatoms. The summed E-state index contributed by atoms with van der Waals surface area (Å²) in [7, 11) is 0. The monoisotopic (exact) mass is 369 g/mol. The number of hydrogen-bond donors (Lipinski definition) is 2. The first kappa shape index (κ1) is 18.4. The van der Waals surface area contributed by atoms with Crippen LogP contribution in [-0.4, -0.2) is 21.0 Å². The maximum absolute atomic E-state index is 13.0. The van der Waals surface area contributed by atoms with Crippen LogP contribution >= 0.6 is 0 Å². The zero-order valence-corrected chi connectivity index (χ0v) is 11.7. The van der Waals surface area contributed by atoms with Crippen LogP contribution in [0.3, 0.4) is 0 Å². The minimum absolute atomic E-state index is 0.138. The minimum atomic E-state index is -5.18. The van der Waals surface area contributed by atoms with E-state index in [1.807, 2.05) is 5.32 Å². The first-order valence-electron chi connectivity index (χ1n) is 6.21. The van der Waals surface area contributed by atoms with E-state index in [0.29, 0.717) is 18.3 Å². The molecule has 1 heterocycles. The summed E-state index contributed by atoms with van der Waals surface area (Å²) >= 11 is 0. The van der Waals surface area contributed by atoms with Crippen molar-refractivity contribution in [1.29, 1.82) is 0 Å². The summed E-state index contributed by atoms with van der Waals surface area (Å²) in [6, 6.07) is 1.42. The number of carboxylic acids is 1. The molecule has 2 aromatic rings. The fraction of sp³-hybridized carbons (Fsp3) is 0.154. The van der Waals surface area contributed by atoms with E-state index in [-0.39, 0.29) is 6.07 Å². The van der Waals surface area contributed by atoms with Crippen LogP contribution in [0, 0.1) is 5.82 Å². The molecular formula is C13H6F7N3O2. The molecule has 0 amide bonds. The zero-order valence-electron chi connectivity index (χ0n) is 11.7. The lowest BCUT2D eigenvalue weighted by molar-refractivity contribution is -0.141.